The molecule has 1 N–H and O–H groups in total. The predicted molar refractivity (Wildman–Crippen MR) is 102 cm³/mol. The molecule has 9 heteroatoms. The third-order valence-corrected chi connectivity index (χ3v) is 7.04. The number of rotatable bonds is 5. The molecule has 1 aromatic heterocycles. The lowest BCUT2D eigenvalue weighted by molar-refractivity contribution is -0.120. The molecule has 0 bridgehead atoms. The quantitative estimate of drug-likeness (QED) is 0.808. The Morgan fingerprint density at radius 3 is 2.82 bits per heavy atom. The van der Waals surface area contributed by atoms with Crippen molar-refractivity contribution in [3.63, 3.8) is 0 Å². The van der Waals surface area contributed by atoms with Gasteiger partial charge in [0.2, 0.25) is 12.7 Å². The van der Waals surface area contributed by atoms with E-state index in [9.17, 15) is 13.2 Å². The Bertz CT molecular complexity index is 1030. The Labute approximate surface area is 163 Å². The van der Waals surface area contributed by atoms with E-state index >= 15 is 0 Å². The lowest BCUT2D eigenvalue weighted by atomic mass is 10.1. The molecule has 2 aromatic rings. The molecule has 8 nitrogen and oxygen atoms in total. The molecular formula is C19H23N3O5S. The van der Waals surface area contributed by atoms with Crippen LogP contribution in [0, 0.1) is 13.8 Å². The fourth-order valence-corrected chi connectivity index (χ4v) is 5.44. The van der Waals surface area contributed by atoms with Crippen molar-refractivity contribution in [1.29, 1.82) is 0 Å². The first-order chi connectivity index (χ1) is 13.3. The minimum Gasteiger partial charge on any atom is -0.454 e. The predicted octanol–water partition coefficient (Wildman–Crippen LogP) is 1.45. The number of carbonyl (C=O) groups is 1. The van der Waals surface area contributed by atoms with Crippen LogP contribution in [-0.2, 0) is 27.6 Å². The molecule has 1 atom stereocenters. The number of hydrogen-bond donors (Lipinski definition) is 1. The van der Waals surface area contributed by atoms with E-state index < -0.39 is 9.84 Å². The van der Waals surface area contributed by atoms with Gasteiger partial charge in [-0.2, -0.15) is 5.10 Å². The van der Waals surface area contributed by atoms with Crippen LogP contribution in [0.4, 0.5) is 0 Å². The summed E-state index contributed by atoms with van der Waals surface area (Å²) in [4.78, 5) is 12.5. The first-order valence-electron chi connectivity index (χ1n) is 9.22. The summed E-state index contributed by atoms with van der Waals surface area (Å²) < 4.78 is 35.9. The van der Waals surface area contributed by atoms with E-state index in [2.05, 4.69) is 10.4 Å². The standard InChI is InChI=1S/C19H23N3O5S/c1-12-16(13(2)22(21-12)15-5-6-28(24,25)10-15)8-19(23)20-9-14-3-4-17-18(7-14)27-11-26-17/h3-4,7,15H,5-6,8-11H2,1-2H3,(H,20,23). The number of nitrogens with zero attached hydrogens (tertiary/aromatic N) is 2. The second-order valence-corrected chi connectivity index (χ2v) is 9.52. The summed E-state index contributed by atoms with van der Waals surface area (Å²) in [6, 6.07) is 5.44. The van der Waals surface area contributed by atoms with Crippen LogP contribution in [0.3, 0.4) is 0 Å². The summed E-state index contributed by atoms with van der Waals surface area (Å²) in [5.41, 5.74) is 3.41. The summed E-state index contributed by atoms with van der Waals surface area (Å²) in [5, 5.41) is 7.43. The number of amides is 1. The van der Waals surface area contributed by atoms with Crippen LogP contribution in [0.15, 0.2) is 18.2 Å². The van der Waals surface area contributed by atoms with Crippen molar-refractivity contribution in [3.05, 3.63) is 40.7 Å². The van der Waals surface area contributed by atoms with Gasteiger partial charge >= 0.3 is 0 Å². The highest BCUT2D eigenvalue weighted by molar-refractivity contribution is 7.91. The normalized spacial score (nSPS) is 19.7. The van der Waals surface area contributed by atoms with Crippen molar-refractivity contribution in [2.75, 3.05) is 18.3 Å². The van der Waals surface area contributed by atoms with E-state index in [0.717, 1.165) is 22.5 Å². The van der Waals surface area contributed by atoms with Crippen LogP contribution in [0.5, 0.6) is 11.5 Å². The Morgan fingerprint density at radius 1 is 1.29 bits per heavy atom. The molecule has 0 saturated carbocycles. The van der Waals surface area contributed by atoms with Crippen LogP contribution in [0.25, 0.3) is 0 Å². The summed E-state index contributed by atoms with van der Waals surface area (Å²) in [7, 11) is -2.99. The molecule has 2 aliphatic rings. The monoisotopic (exact) mass is 405 g/mol. The second kappa shape index (κ2) is 7.12. The van der Waals surface area contributed by atoms with E-state index in [0.29, 0.717) is 24.5 Å². The van der Waals surface area contributed by atoms with E-state index in [1.54, 1.807) is 4.68 Å². The molecule has 0 aliphatic carbocycles. The molecule has 1 unspecified atom stereocenters. The molecule has 3 heterocycles. The van der Waals surface area contributed by atoms with Crippen LogP contribution in [0.2, 0.25) is 0 Å². The van der Waals surface area contributed by atoms with Crippen molar-refractivity contribution in [2.45, 2.75) is 39.3 Å². The first-order valence-corrected chi connectivity index (χ1v) is 11.0. The van der Waals surface area contributed by atoms with E-state index in [1.807, 2.05) is 32.0 Å². The van der Waals surface area contributed by atoms with Gasteiger partial charge in [0.1, 0.15) is 0 Å². The van der Waals surface area contributed by atoms with Crippen molar-refractivity contribution in [3.8, 4) is 11.5 Å². The Hall–Kier alpha value is -2.55. The number of nitrogens with one attached hydrogen (secondary N) is 1. The molecule has 1 aromatic carbocycles. The number of fused-ring (bicyclic) bond motifs is 1. The van der Waals surface area contributed by atoms with Crippen LogP contribution >= 0.6 is 0 Å². The van der Waals surface area contributed by atoms with E-state index in [4.69, 9.17) is 9.47 Å². The minimum atomic E-state index is -2.99. The van der Waals surface area contributed by atoms with Crippen LogP contribution in [-0.4, -0.2) is 42.4 Å². The molecule has 1 fully saturated rings. The van der Waals surface area contributed by atoms with Gasteiger partial charge in [-0.3, -0.25) is 9.48 Å². The molecule has 0 spiro atoms. The van der Waals surface area contributed by atoms with Crippen molar-refractivity contribution < 1.29 is 22.7 Å². The SMILES string of the molecule is Cc1nn(C2CCS(=O)(=O)C2)c(C)c1CC(=O)NCc1ccc2c(c1)OCO2. The van der Waals surface area contributed by atoms with E-state index in [-0.39, 0.29) is 36.7 Å². The highest BCUT2D eigenvalue weighted by Gasteiger charge is 2.31. The fourth-order valence-electron chi connectivity index (χ4n) is 3.75. The maximum Gasteiger partial charge on any atom is 0.231 e. The third kappa shape index (κ3) is 3.71. The summed E-state index contributed by atoms with van der Waals surface area (Å²) in [6.07, 6.45) is 0.779. The number of aromatic nitrogens is 2. The number of hydrogen-bond acceptors (Lipinski definition) is 6. The van der Waals surface area contributed by atoms with Crippen molar-refractivity contribution in [2.24, 2.45) is 0 Å². The number of sulfone groups is 1. The van der Waals surface area contributed by atoms with Gasteiger partial charge in [0.05, 0.1) is 29.7 Å². The maximum absolute atomic E-state index is 12.5. The van der Waals surface area contributed by atoms with Crippen LogP contribution < -0.4 is 14.8 Å². The van der Waals surface area contributed by atoms with Gasteiger partial charge in [-0.25, -0.2) is 8.42 Å². The number of aryl methyl sites for hydroxylation is 1. The maximum atomic E-state index is 12.5. The molecular weight excluding hydrogens is 382 g/mol. The molecule has 2 aliphatic heterocycles. The number of carbonyl (C=O) groups excluding carboxylic acids is 1. The van der Waals surface area contributed by atoms with Crippen LogP contribution in [0.1, 0.15) is 35.0 Å². The van der Waals surface area contributed by atoms with Gasteiger partial charge in [0, 0.05) is 17.8 Å². The lowest BCUT2D eigenvalue weighted by Crippen LogP contribution is -2.25. The van der Waals surface area contributed by atoms with Gasteiger partial charge in [0.15, 0.2) is 21.3 Å². The van der Waals surface area contributed by atoms with Gasteiger partial charge in [-0.15, -0.1) is 0 Å². The Balaban J connectivity index is 1.40. The fraction of sp³-hybridized carbons (Fsp3) is 0.474. The number of ether oxygens (including phenoxy) is 2. The Morgan fingerprint density at radius 2 is 2.07 bits per heavy atom. The van der Waals surface area contributed by atoms with Gasteiger partial charge in [-0.1, -0.05) is 6.07 Å². The topological polar surface area (TPSA) is 99.5 Å². The molecule has 1 amide bonds. The Kier molecular flexibility index (Phi) is 4.78. The molecule has 0 radical (unpaired) electrons. The smallest absolute Gasteiger partial charge is 0.231 e. The summed E-state index contributed by atoms with van der Waals surface area (Å²) in [6.45, 7) is 4.36. The zero-order valence-electron chi connectivity index (χ0n) is 15.9. The van der Waals surface area contributed by atoms with Crippen molar-refractivity contribution >= 4 is 15.7 Å². The zero-order chi connectivity index (χ0) is 19.9. The largest absolute Gasteiger partial charge is 0.454 e. The molecule has 150 valence electrons. The summed E-state index contributed by atoms with van der Waals surface area (Å²) in [5.74, 6) is 1.60. The second-order valence-electron chi connectivity index (χ2n) is 7.29. The molecule has 4 rings (SSSR count). The first kappa shape index (κ1) is 18.8. The van der Waals surface area contributed by atoms with Gasteiger partial charge in [0.25, 0.3) is 0 Å². The molecule has 28 heavy (non-hydrogen) atoms. The average Bonchev–Trinajstić information content (AvgIpc) is 3.33. The van der Waals surface area contributed by atoms with Gasteiger partial charge in [-0.05, 0) is 38.0 Å². The third-order valence-electron chi connectivity index (χ3n) is 5.29. The van der Waals surface area contributed by atoms with Crippen molar-refractivity contribution in [1.82, 2.24) is 15.1 Å². The average molecular weight is 405 g/mol. The number of benzene rings is 1. The summed E-state index contributed by atoms with van der Waals surface area (Å²) >= 11 is 0. The highest BCUT2D eigenvalue weighted by atomic mass is 32.2. The molecule has 1 saturated heterocycles. The highest BCUT2D eigenvalue weighted by Crippen LogP contribution is 2.32. The zero-order valence-corrected chi connectivity index (χ0v) is 16.7. The van der Waals surface area contributed by atoms with Gasteiger partial charge < -0.3 is 14.8 Å². The minimum absolute atomic E-state index is 0.109. The van der Waals surface area contributed by atoms with E-state index in [1.165, 1.54) is 0 Å². The lowest BCUT2D eigenvalue weighted by Gasteiger charge is -2.11.